The van der Waals surface area contributed by atoms with Gasteiger partial charge in [-0.15, -0.1) is 0 Å². The maximum Gasteiger partial charge on any atom is 0.391 e. The number of alkyl halides is 3. The molecule has 1 aliphatic rings. The number of benzene rings is 1. The average Bonchev–Trinajstić information content (AvgIpc) is 2.38. The number of rotatable bonds is 2. The molecule has 0 heterocycles. The first-order valence-electron chi connectivity index (χ1n) is 6.40. The van der Waals surface area contributed by atoms with Gasteiger partial charge in [0, 0.05) is 5.56 Å². The standard InChI is InChI=1S/C14H16F4O2/c1-20-11-4-2-3-10(12(11)15)13(19)7-5-9(6-8-13)14(16,17)18/h2-4,9,19H,5-8H2,1H3. The van der Waals surface area contributed by atoms with Crippen LogP contribution >= 0.6 is 0 Å². The molecular formula is C14H16F4O2. The maximum absolute atomic E-state index is 14.1. The first kappa shape index (κ1) is 15.1. The van der Waals surface area contributed by atoms with Crippen LogP contribution in [0.4, 0.5) is 17.6 Å². The first-order chi connectivity index (χ1) is 9.28. The topological polar surface area (TPSA) is 29.5 Å². The van der Waals surface area contributed by atoms with E-state index >= 15 is 0 Å². The van der Waals surface area contributed by atoms with Gasteiger partial charge in [0.1, 0.15) is 0 Å². The second kappa shape index (κ2) is 5.24. The molecule has 0 atom stereocenters. The van der Waals surface area contributed by atoms with Gasteiger partial charge >= 0.3 is 6.18 Å². The smallest absolute Gasteiger partial charge is 0.391 e. The van der Waals surface area contributed by atoms with Crippen molar-refractivity contribution in [3.63, 3.8) is 0 Å². The lowest BCUT2D eigenvalue weighted by Crippen LogP contribution is -2.37. The molecule has 1 aromatic rings. The van der Waals surface area contributed by atoms with Crippen molar-refractivity contribution in [3.05, 3.63) is 29.6 Å². The van der Waals surface area contributed by atoms with Gasteiger partial charge < -0.3 is 9.84 Å². The molecule has 1 aromatic carbocycles. The van der Waals surface area contributed by atoms with E-state index in [0.29, 0.717) is 0 Å². The third kappa shape index (κ3) is 2.75. The zero-order chi connectivity index (χ0) is 15.0. The second-order valence-electron chi connectivity index (χ2n) is 5.17. The SMILES string of the molecule is COc1cccc(C2(O)CCC(C(F)(F)F)CC2)c1F. The summed E-state index contributed by atoms with van der Waals surface area (Å²) in [6.45, 7) is 0. The number of aliphatic hydroxyl groups is 1. The van der Waals surface area contributed by atoms with Gasteiger partial charge in [-0.05, 0) is 31.7 Å². The molecule has 0 spiro atoms. The van der Waals surface area contributed by atoms with Gasteiger partial charge in [0.25, 0.3) is 0 Å². The molecule has 112 valence electrons. The molecule has 0 bridgehead atoms. The summed E-state index contributed by atoms with van der Waals surface area (Å²) in [4.78, 5) is 0. The Morgan fingerprint density at radius 3 is 2.35 bits per heavy atom. The summed E-state index contributed by atoms with van der Waals surface area (Å²) in [6.07, 6.45) is -4.87. The Labute approximate surface area is 114 Å². The Balaban J connectivity index is 2.22. The van der Waals surface area contributed by atoms with Gasteiger partial charge in [0.2, 0.25) is 0 Å². The van der Waals surface area contributed by atoms with Crippen LogP contribution in [0.25, 0.3) is 0 Å². The lowest BCUT2D eigenvalue weighted by molar-refractivity contribution is -0.193. The molecule has 0 radical (unpaired) electrons. The molecular weight excluding hydrogens is 276 g/mol. The van der Waals surface area contributed by atoms with E-state index in [1.165, 1.54) is 25.3 Å². The van der Waals surface area contributed by atoms with Crippen LogP contribution in [-0.4, -0.2) is 18.4 Å². The predicted molar refractivity (Wildman–Crippen MR) is 64.9 cm³/mol. The van der Waals surface area contributed by atoms with E-state index in [0.717, 1.165) is 0 Å². The average molecular weight is 292 g/mol. The third-order valence-electron chi connectivity index (χ3n) is 3.96. The predicted octanol–water partition coefficient (Wildman–Crippen LogP) is 3.77. The zero-order valence-corrected chi connectivity index (χ0v) is 11.0. The van der Waals surface area contributed by atoms with Crippen LogP contribution in [-0.2, 0) is 5.60 Å². The summed E-state index contributed by atoms with van der Waals surface area (Å²) in [6, 6.07) is 4.32. The lowest BCUT2D eigenvalue weighted by atomic mass is 9.75. The minimum Gasteiger partial charge on any atom is -0.494 e. The highest BCUT2D eigenvalue weighted by Gasteiger charge is 2.46. The summed E-state index contributed by atoms with van der Waals surface area (Å²) in [5.74, 6) is -2.15. The molecule has 20 heavy (non-hydrogen) atoms. The molecule has 0 saturated heterocycles. The largest absolute Gasteiger partial charge is 0.494 e. The van der Waals surface area contributed by atoms with E-state index in [1.54, 1.807) is 0 Å². The number of methoxy groups -OCH3 is 1. The van der Waals surface area contributed by atoms with E-state index in [2.05, 4.69) is 0 Å². The fourth-order valence-electron chi connectivity index (χ4n) is 2.72. The fraction of sp³-hybridized carbons (Fsp3) is 0.571. The van der Waals surface area contributed by atoms with Crippen LogP contribution in [0.2, 0.25) is 0 Å². The summed E-state index contributed by atoms with van der Waals surface area (Å²) < 4.78 is 56.8. The Bertz CT molecular complexity index is 477. The van der Waals surface area contributed by atoms with Crippen molar-refractivity contribution >= 4 is 0 Å². The number of ether oxygens (including phenoxy) is 1. The van der Waals surface area contributed by atoms with Crippen molar-refractivity contribution < 1.29 is 27.4 Å². The van der Waals surface area contributed by atoms with E-state index in [-0.39, 0.29) is 37.0 Å². The van der Waals surface area contributed by atoms with E-state index in [4.69, 9.17) is 4.74 Å². The number of halogens is 4. The van der Waals surface area contributed by atoms with Crippen LogP contribution < -0.4 is 4.74 Å². The molecule has 0 amide bonds. The molecule has 0 unspecified atom stereocenters. The van der Waals surface area contributed by atoms with Gasteiger partial charge in [0.05, 0.1) is 18.6 Å². The van der Waals surface area contributed by atoms with Gasteiger partial charge in [-0.3, -0.25) is 0 Å². The fourth-order valence-corrected chi connectivity index (χ4v) is 2.72. The molecule has 1 aliphatic carbocycles. The molecule has 0 aliphatic heterocycles. The Morgan fingerprint density at radius 1 is 1.25 bits per heavy atom. The van der Waals surface area contributed by atoms with Crippen molar-refractivity contribution in [1.82, 2.24) is 0 Å². The Kier molecular flexibility index (Phi) is 3.95. The highest BCUT2D eigenvalue weighted by molar-refractivity contribution is 5.35. The summed E-state index contributed by atoms with van der Waals surface area (Å²) >= 11 is 0. The van der Waals surface area contributed by atoms with Crippen molar-refractivity contribution in [1.29, 1.82) is 0 Å². The summed E-state index contributed by atoms with van der Waals surface area (Å²) in [7, 11) is 1.30. The van der Waals surface area contributed by atoms with Gasteiger partial charge in [-0.1, -0.05) is 12.1 Å². The van der Waals surface area contributed by atoms with Crippen molar-refractivity contribution in [2.24, 2.45) is 5.92 Å². The Morgan fingerprint density at radius 2 is 1.85 bits per heavy atom. The summed E-state index contributed by atoms with van der Waals surface area (Å²) in [5.41, 5.74) is -1.54. The van der Waals surface area contributed by atoms with E-state index in [1.807, 2.05) is 0 Å². The monoisotopic (exact) mass is 292 g/mol. The van der Waals surface area contributed by atoms with Crippen molar-refractivity contribution in [2.75, 3.05) is 7.11 Å². The third-order valence-corrected chi connectivity index (χ3v) is 3.96. The van der Waals surface area contributed by atoms with Gasteiger partial charge in [-0.25, -0.2) is 4.39 Å². The molecule has 0 aromatic heterocycles. The molecule has 1 saturated carbocycles. The molecule has 1 N–H and O–H groups in total. The molecule has 2 rings (SSSR count). The van der Waals surface area contributed by atoms with Crippen LogP contribution in [0, 0.1) is 11.7 Å². The Hall–Kier alpha value is -1.30. The van der Waals surface area contributed by atoms with Crippen molar-refractivity contribution in [2.45, 2.75) is 37.5 Å². The maximum atomic E-state index is 14.1. The highest BCUT2D eigenvalue weighted by Crippen LogP contribution is 2.46. The minimum atomic E-state index is -4.26. The zero-order valence-electron chi connectivity index (χ0n) is 11.0. The van der Waals surface area contributed by atoms with Crippen LogP contribution in [0.5, 0.6) is 5.75 Å². The van der Waals surface area contributed by atoms with E-state index in [9.17, 15) is 22.7 Å². The minimum absolute atomic E-state index is 0.0116. The first-order valence-corrected chi connectivity index (χ1v) is 6.40. The number of hydrogen-bond acceptors (Lipinski definition) is 2. The van der Waals surface area contributed by atoms with E-state index < -0.39 is 23.5 Å². The normalized spacial score (nSPS) is 27.4. The summed E-state index contributed by atoms with van der Waals surface area (Å²) in [5, 5.41) is 10.5. The van der Waals surface area contributed by atoms with Crippen LogP contribution in [0.15, 0.2) is 18.2 Å². The van der Waals surface area contributed by atoms with Crippen LogP contribution in [0.1, 0.15) is 31.2 Å². The molecule has 1 fully saturated rings. The second-order valence-corrected chi connectivity index (χ2v) is 5.17. The molecule has 2 nitrogen and oxygen atoms in total. The lowest BCUT2D eigenvalue weighted by Gasteiger charge is -2.37. The van der Waals surface area contributed by atoms with Gasteiger partial charge in [0.15, 0.2) is 11.6 Å². The quantitative estimate of drug-likeness (QED) is 0.841. The van der Waals surface area contributed by atoms with Gasteiger partial charge in [-0.2, -0.15) is 13.2 Å². The number of hydrogen-bond donors (Lipinski definition) is 1. The highest BCUT2D eigenvalue weighted by atomic mass is 19.4. The van der Waals surface area contributed by atoms with Crippen LogP contribution in [0.3, 0.4) is 0 Å². The molecule has 6 heteroatoms. The van der Waals surface area contributed by atoms with Crippen molar-refractivity contribution in [3.8, 4) is 5.75 Å².